The predicted molar refractivity (Wildman–Crippen MR) is 159 cm³/mol. The van der Waals surface area contributed by atoms with Crippen molar-refractivity contribution in [2.24, 2.45) is 0 Å². The van der Waals surface area contributed by atoms with Gasteiger partial charge in [0.1, 0.15) is 6.10 Å². The number of unbranched alkanes of at least 4 members (excludes halogenated alkanes) is 21. The lowest BCUT2D eigenvalue weighted by Gasteiger charge is -2.23. The molecule has 0 saturated heterocycles. The van der Waals surface area contributed by atoms with Gasteiger partial charge in [0.2, 0.25) is 6.29 Å². The van der Waals surface area contributed by atoms with Crippen LogP contribution in [0, 0.1) is 0 Å². The molecule has 0 rings (SSSR count). The van der Waals surface area contributed by atoms with Crippen molar-refractivity contribution in [1.82, 2.24) is 0 Å². The molecule has 0 bridgehead atoms. The topological polar surface area (TPSA) is 55.8 Å². The molecule has 0 aliphatic heterocycles. The van der Waals surface area contributed by atoms with Gasteiger partial charge in [-0.05, 0) is 19.3 Å². The smallest absolute Gasteiger partial charge is 0.308 e. The van der Waals surface area contributed by atoms with Crippen molar-refractivity contribution in [3.63, 3.8) is 0 Å². The number of carbonyl (C=O) groups excluding carboxylic acids is 1. The van der Waals surface area contributed by atoms with Gasteiger partial charge in [-0.25, -0.2) is 0 Å². The third-order valence-electron chi connectivity index (χ3n) is 7.41. The lowest BCUT2D eigenvalue weighted by atomic mass is 10.0. The Balaban J connectivity index is 3.55. The average molecular weight is 527 g/mol. The molecule has 2 atom stereocenters. The van der Waals surface area contributed by atoms with E-state index in [2.05, 4.69) is 13.8 Å². The maximum Gasteiger partial charge on any atom is 0.308 e. The van der Waals surface area contributed by atoms with Gasteiger partial charge in [-0.1, -0.05) is 162 Å². The van der Waals surface area contributed by atoms with E-state index < -0.39 is 12.4 Å². The summed E-state index contributed by atoms with van der Waals surface area (Å²) in [5, 5.41) is 10.3. The summed E-state index contributed by atoms with van der Waals surface area (Å²) in [6.45, 7) is 7.02. The number of carbonyl (C=O) groups is 1. The third-order valence-corrected chi connectivity index (χ3v) is 7.41. The maximum absolute atomic E-state index is 12.3. The summed E-state index contributed by atoms with van der Waals surface area (Å²) in [4.78, 5) is 12.3. The second-order valence-electron chi connectivity index (χ2n) is 11.3. The van der Waals surface area contributed by atoms with Crippen LogP contribution in [0.15, 0.2) is 0 Å². The molecule has 4 nitrogen and oxygen atoms in total. The zero-order chi connectivity index (χ0) is 27.2. The van der Waals surface area contributed by atoms with Crippen molar-refractivity contribution in [1.29, 1.82) is 0 Å². The van der Waals surface area contributed by atoms with Gasteiger partial charge in [-0.3, -0.25) is 4.79 Å². The molecule has 0 aromatic rings. The van der Waals surface area contributed by atoms with Gasteiger partial charge in [0.25, 0.3) is 0 Å². The van der Waals surface area contributed by atoms with E-state index in [4.69, 9.17) is 9.47 Å². The number of hydrogen-bond donors (Lipinski definition) is 1. The van der Waals surface area contributed by atoms with Crippen LogP contribution in [0.2, 0.25) is 0 Å². The molecule has 0 heterocycles. The van der Waals surface area contributed by atoms with Crippen molar-refractivity contribution in [2.75, 3.05) is 6.61 Å². The monoisotopic (exact) mass is 526 g/mol. The summed E-state index contributed by atoms with van der Waals surface area (Å²) in [6.07, 6.45) is 30.3. The molecule has 2 unspecified atom stereocenters. The first-order chi connectivity index (χ1) is 18.2. The van der Waals surface area contributed by atoms with Crippen LogP contribution in [0.25, 0.3) is 0 Å². The third kappa shape index (κ3) is 26.8. The lowest BCUT2D eigenvalue weighted by Crippen LogP contribution is -2.34. The Morgan fingerprint density at radius 2 is 0.919 bits per heavy atom. The number of rotatable bonds is 30. The van der Waals surface area contributed by atoms with Crippen LogP contribution in [0.4, 0.5) is 0 Å². The predicted octanol–water partition coefficient (Wildman–Crippen LogP) is 10.4. The summed E-state index contributed by atoms with van der Waals surface area (Å²) in [6, 6.07) is 0. The van der Waals surface area contributed by atoms with E-state index in [1.165, 1.54) is 122 Å². The zero-order valence-corrected chi connectivity index (χ0v) is 25.4. The van der Waals surface area contributed by atoms with Crippen molar-refractivity contribution >= 4 is 5.97 Å². The van der Waals surface area contributed by atoms with Gasteiger partial charge < -0.3 is 14.6 Å². The fourth-order valence-electron chi connectivity index (χ4n) is 4.92. The van der Waals surface area contributed by atoms with Gasteiger partial charge in [0.15, 0.2) is 0 Å². The van der Waals surface area contributed by atoms with Crippen LogP contribution in [-0.2, 0) is 14.3 Å². The molecule has 4 heteroatoms. The Morgan fingerprint density at radius 1 is 0.541 bits per heavy atom. The Kier molecular flexibility index (Phi) is 29.4. The van der Waals surface area contributed by atoms with Crippen molar-refractivity contribution in [3.05, 3.63) is 0 Å². The molecule has 222 valence electrons. The van der Waals surface area contributed by atoms with E-state index in [-0.39, 0.29) is 5.97 Å². The number of ether oxygens (including phenoxy) is 2. The van der Waals surface area contributed by atoms with Crippen LogP contribution in [0.3, 0.4) is 0 Å². The molecule has 0 saturated carbocycles. The standard InChI is InChI=1S/C33H66O4/c1-4-7-9-11-12-13-14-15-16-17-18-19-20-21-22-23-24-25-26-29-32(35)37-33(31(34)28-6-3)36-30-27-10-8-5-2/h31,33-34H,4-30H2,1-3H3. The fourth-order valence-corrected chi connectivity index (χ4v) is 4.92. The van der Waals surface area contributed by atoms with E-state index in [0.29, 0.717) is 19.4 Å². The second-order valence-corrected chi connectivity index (χ2v) is 11.3. The van der Waals surface area contributed by atoms with Gasteiger partial charge in [-0.2, -0.15) is 0 Å². The van der Waals surface area contributed by atoms with E-state index in [1.54, 1.807) is 0 Å². The number of hydrogen-bond acceptors (Lipinski definition) is 4. The molecule has 0 spiro atoms. The molecule has 37 heavy (non-hydrogen) atoms. The molecule has 0 fully saturated rings. The molecular formula is C33H66O4. The quantitative estimate of drug-likeness (QED) is 0.0574. The minimum Gasteiger partial charge on any atom is -0.433 e. The summed E-state index contributed by atoms with van der Waals surface area (Å²) in [7, 11) is 0. The van der Waals surface area contributed by atoms with E-state index >= 15 is 0 Å². The first-order valence-corrected chi connectivity index (χ1v) is 16.6. The first kappa shape index (κ1) is 36.4. The molecule has 0 aliphatic carbocycles. The maximum atomic E-state index is 12.3. The molecule has 0 radical (unpaired) electrons. The van der Waals surface area contributed by atoms with E-state index in [0.717, 1.165) is 32.1 Å². The van der Waals surface area contributed by atoms with Gasteiger partial charge in [-0.15, -0.1) is 0 Å². The van der Waals surface area contributed by atoms with Gasteiger partial charge >= 0.3 is 5.97 Å². The zero-order valence-electron chi connectivity index (χ0n) is 25.4. The minimum atomic E-state index is -0.811. The van der Waals surface area contributed by atoms with Crippen molar-refractivity contribution in [2.45, 2.75) is 200 Å². The Hall–Kier alpha value is -0.610. The summed E-state index contributed by atoms with van der Waals surface area (Å²) in [5.41, 5.74) is 0. The highest BCUT2D eigenvalue weighted by Crippen LogP contribution is 2.16. The van der Waals surface area contributed by atoms with E-state index in [1.807, 2.05) is 6.92 Å². The van der Waals surface area contributed by atoms with Crippen LogP contribution in [0.1, 0.15) is 188 Å². The highest BCUT2D eigenvalue weighted by molar-refractivity contribution is 5.69. The van der Waals surface area contributed by atoms with Crippen LogP contribution in [-0.4, -0.2) is 30.1 Å². The normalized spacial score (nSPS) is 13.1. The molecular weight excluding hydrogens is 460 g/mol. The SMILES string of the molecule is CCCCCCCCCCCCCCCCCCCCCC(=O)OC(OCCCCCC)C(O)CCC. The molecule has 0 aromatic carbocycles. The van der Waals surface area contributed by atoms with Crippen molar-refractivity contribution in [3.8, 4) is 0 Å². The largest absolute Gasteiger partial charge is 0.433 e. The minimum absolute atomic E-state index is 0.235. The Morgan fingerprint density at radius 3 is 1.32 bits per heavy atom. The summed E-state index contributed by atoms with van der Waals surface area (Å²) >= 11 is 0. The first-order valence-electron chi connectivity index (χ1n) is 16.6. The van der Waals surface area contributed by atoms with Gasteiger partial charge in [0.05, 0.1) is 6.61 Å². The summed E-state index contributed by atoms with van der Waals surface area (Å²) < 4.78 is 11.2. The summed E-state index contributed by atoms with van der Waals surface area (Å²) in [5.74, 6) is -0.235. The van der Waals surface area contributed by atoms with E-state index in [9.17, 15) is 9.90 Å². The molecule has 0 amide bonds. The second kappa shape index (κ2) is 29.9. The Labute approximate surface area is 232 Å². The van der Waals surface area contributed by atoms with Crippen molar-refractivity contribution < 1.29 is 19.4 Å². The van der Waals surface area contributed by atoms with Crippen LogP contribution >= 0.6 is 0 Å². The number of aliphatic hydroxyl groups excluding tert-OH is 1. The van der Waals surface area contributed by atoms with Crippen LogP contribution in [0.5, 0.6) is 0 Å². The fraction of sp³-hybridized carbons (Fsp3) is 0.970. The van der Waals surface area contributed by atoms with Crippen LogP contribution < -0.4 is 0 Å². The van der Waals surface area contributed by atoms with Gasteiger partial charge in [0, 0.05) is 6.42 Å². The molecule has 0 aliphatic rings. The highest BCUT2D eigenvalue weighted by atomic mass is 16.7. The highest BCUT2D eigenvalue weighted by Gasteiger charge is 2.23. The number of aliphatic hydroxyl groups is 1. The number of esters is 1. The molecule has 1 N–H and O–H groups in total. The molecule has 0 aromatic heterocycles. The lowest BCUT2D eigenvalue weighted by molar-refractivity contribution is -0.204. The average Bonchev–Trinajstić information content (AvgIpc) is 2.89. The Bertz CT molecular complexity index is 454.